The van der Waals surface area contributed by atoms with E-state index in [4.69, 9.17) is 14.2 Å². The maximum atomic E-state index is 13.2. The van der Waals surface area contributed by atoms with Crippen molar-refractivity contribution in [3.05, 3.63) is 83.0 Å². The minimum Gasteiger partial charge on any atom is -0.500 e. The fourth-order valence-corrected chi connectivity index (χ4v) is 3.26. The molecule has 6 nitrogen and oxygen atoms in total. The number of carboxylic acids is 1. The highest BCUT2D eigenvalue weighted by Gasteiger charge is 2.36. The molecule has 188 valence electrons. The Bertz CT molecular complexity index is 1060. The van der Waals surface area contributed by atoms with Gasteiger partial charge in [0.1, 0.15) is 23.1 Å². The Labute approximate surface area is 206 Å². The highest BCUT2D eigenvalue weighted by molar-refractivity contribution is 5.79. The number of methoxy groups -OCH3 is 1. The van der Waals surface area contributed by atoms with Crippen LogP contribution in [0.5, 0.6) is 11.5 Å². The normalized spacial score (nSPS) is 14.3. The summed E-state index contributed by atoms with van der Waals surface area (Å²) in [4.78, 5) is 16.5. The number of ether oxygens (including phenoxy) is 3. The van der Waals surface area contributed by atoms with E-state index >= 15 is 0 Å². The van der Waals surface area contributed by atoms with Gasteiger partial charge in [-0.2, -0.15) is 0 Å². The Morgan fingerprint density at radius 2 is 1.74 bits per heavy atom. The van der Waals surface area contributed by atoms with Gasteiger partial charge in [0.05, 0.1) is 19.4 Å². The number of carbonyl (C=O) groups is 1. The second-order valence-electron chi connectivity index (χ2n) is 8.19. The first-order valence-electron chi connectivity index (χ1n) is 11.5. The van der Waals surface area contributed by atoms with Gasteiger partial charge in [0.2, 0.25) is 5.60 Å². The van der Waals surface area contributed by atoms with Crippen molar-refractivity contribution in [3.63, 3.8) is 0 Å². The molecule has 7 heteroatoms. The predicted octanol–water partition coefficient (Wildman–Crippen LogP) is 6.36. The molecule has 0 aromatic heterocycles. The third-order valence-corrected chi connectivity index (χ3v) is 5.56. The molecule has 0 aliphatic heterocycles. The van der Waals surface area contributed by atoms with Crippen LogP contribution >= 0.6 is 0 Å². The predicted molar refractivity (Wildman–Crippen MR) is 136 cm³/mol. The Morgan fingerprint density at radius 3 is 2.29 bits per heavy atom. The number of nitrogens with zero attached hydrogens (tertiary/aromatic N) is 1. The molecule has 0 amide bonds. The van der Waals surface area contributed by atoms with Crippen LogP contribution < -0.4 is 9.47 Å². The number of aliphatic carboxylic acids is 1. The second-order valence-corrected chi connectivity index (χ2v) is 8.19. The van der Waals surface area contributed by atoms with Gasteiger partial charge in [0, 0.05) is 19.1 Å². The van der Waals surface area contributed by atoms with Crippen LogP contribution in [0.1, 0.15) is 46.1 Å². The van der Waals surface area contributed by atoms with Crippen molar-refractivity contribution in [2.45, 2.75) is 52.6 Å². The van der Waals surface area contributed by atoms with Crippen molar-refractivity contribution in [2.75, 3.05) is 13.7 Å². The van der Waals surface area contributed by atoms with Crippen LogP contribution in [-0.2, 0) is 16.0 Å². The molecule has 2 rings (SSSR count). The van der Waals surface area contributed by atoms with Gasteiger partial charge < -0.3 is 19.3 Å². The van der Waals surface area contributed by atoms with Crippen LogP contribution in [0.25, 0.3) is 0 Å². The SMILES string of the molecule is C/C=C(/C=N/C(CCOc1ccc(CC(C)(Oc2ccc(F)cc2)C(=O)O)cc1)=C(/C)OC)CC. The number of hydrogen-bond acceptors (Lipinski definition) is 5. The molecule has 0 saturated heterocycles. The molecule has 0 heterocycles. The summed E-state index contributed by atoms with van der Waals surface area (Å²) in [5.74, 6) is 0.154. The van der Waals surface area contributed by atoms with Crippen LogP contribution in [0.2, 0.25) is 0 Å². The average Bonchev–Trinajstić information content (AvgIpc) is 2.85. The van der Waals surface area contributed by atoms with E-state index in [1.165, 1.54) is 31.2 Å². The molecule has 0 fully saturated rings. The summed E-state index contributed by atoms with van der Waals surface area (Å²) in [6.45, 7) is 7.83. The fraction of sp³-hybridized carbons (Fsp3) is 0.357. The average molecular weight is 484 g/mol. The highest BCUT2D eigenvalue weighted by Crippen LogP contribution is 2.24. The number of aliphatic imine (C=N–C) groups is 1. The number of hydrogen-bond donors (Lipinski definition) is 1. The molecule has 1 unspecified atom stereocenters. The molecule has 2 aromatic rings. The molecule has 0 spiro atoms. The summed E-state index contributed by atoms with van der Waals surface area (Å²) >= 11 is 0. The first-order chi connectivity index (χ1) is 16.7. The molecular weight excluding hydrogens is 449 g/mol. The Balaban J connectivity index is 2.01. The van der Waals surface area contributed by atoms with Gasteiger partial charge in [-0.25, -0.2) is 9.18 Å². The minimum absolute atomic E-state index is 0.124. The lowest BCUT2D eigenvalue weighted by atomic mass is 9.96. The zero-order valence-corrected chi connectivity index (χ0v) is 21.0. The molecule has 0 aliphatic rings. The van der Waals surface area contributed by atoms with Crippen LogP contribution in [0, 0.1) is 5.82 Å². The molecule has 0 bridgehead atoms. The molecule has 2 aromatic carbocycles. The molecule has 1 N–H and O–H groups in total. The molecule has 0 aliphatic carbocycles. The van der Waals surface area contributed by atoms with Crippen molar-refractivity contribution >= 4 is 12.2 Å². The highest BCUT2D eigenvalue weighted by atomic mass is 19.1. The van der Waals surface area contributed by atoms with Crippen LogP contribution in [0.3, 0.4) is 0 Å². The van der Waals surface area contributed by atoms with Gasteiger partial charge in [0.15, 0.2) is 0 Å². The van der Waals surface area contributed by atoms with Gasteiger partial charge in [-0.05, 0) is 74.7 Å². The molecular formula is C28H34FNO5. The summed E-state index contributed by atoms with van der Waals surface area (Å²) in [5, 5.41) is 9.75. The second kappa shape index (κ2) is 13.3. The van der Waals surface area contributed by atoms with Crippen molar-refractivity contribution in [3.8, 4) is 11.5 Å². The van der Waals surface area contributed by atoms with Crippen molar-refractivity contribution in [1.82, 2.24) is 0 Å². The zero-order valence-electron chi connectivity index (χ0n) is 21.0. The summed E-state index contributed by atoms with van der Waals surface area (Å²) in [6, 6.07) is 12.5. The van der Waals surface area contributed by atoms with Crippen LogP contribution in [0.4, 0.5) is 4.39 Å². The standard InChI is InChI=1S/C28H34FNO5/c1-6-21(7-2)19-30-26(20(3)33-5)16-17-34-24-12-8-22(9-13-24)18-28(4,27(31)32)35-25-14-10-23(29)11-15-25/h6,8-15,19H,7,16-18H2,1-5H3,(H,31,32)/b21-6+,26-20-,30-19+. The lowest BCUT2D eigenvalue weighted by Crippen LogP contribution is -2.43. The van der Waals surface area contributed by atoms with E-state index in [1.54, 1.807) is 31.4 Å². The molecule has 0 radical (unpaired) electrons. The molecule has 0 saturated carbocycles. The van der Waals surface area contributed by atoms with Crippen molar-refractivity contribution in [2.24, 2.45) is 4.99 Å². The van der Waals surface area contributed by atoms with Gasteiger partial charge >= 0.3 is 5.97 Å². The summed E-state index contributed by atoms with van der Waals surface area (Å²) in [6.07, 6.45) is 5.47. The lowest BCUT2D eigenvalue weighted by molar-refractivity contribution is -0.153. The summed E-state index contributed by atoms with van der Waals surface area (Å²) in [5.41, 5.74) is 1.20. The number of rotatable bonds is 13. The maximum absolute atomic E-state index is 13.2. The quantitative estimate of drug-likeness (QED) is 0.265. The maximum Gasteiger partial charge on any atom is 0.348 e. The van der Waals surface area contributed by atoms with E-state index in [0.29, 0.717) is 18.8 Å². The van der Waals surface area contributed by atoms with E-state index in [1.807, 2.05) is 26.1 Å². The van der Waals surface area contributed by atoms with Crippen LogP contribution in [0.15, 0.2) is 76.6 Å². The number of allylic oxidation sites excluding steroid dienone is 3. The largest absolute Gasteiger partial charge is 0.500 e. The van der Waals surface area contributed by atoms with Gasteiger partial charge in [-0.3, -0.25) is 4.99 Å². The monoisotopic (exact) mass is 483 g/mol. The van der Waals surface area contributed by atoms with E-state index < -0.39 is 17.4 Å². The van der Waals surface area contributed by atoms with E-state index in [2.05, 4.69) is 11.9 Å². The number of carboxylic acid groups (broad SMARTS) is 1. The van der Waals surface area contributed by atoms with Crippen molar-refractivity contribution in [1.29, 1.82) is 0 Å². The smallest absolute Gasteiger partial charge is 0.348 e. The van der Waals surface area contributed by atoms with Gasteiger partial charge in [-0.15, -0.1) is 0 Å². The summed E-state index contributed by atoms with van der Waals surface area (Å²) in [7, 11) is 1.62. The Hall–Kier alpha value is -3.61. The fourth-order valence-electron chi connectivity index (χ4n) is 3.26. The first-order valence-corrected chi connectivity index (χ1v) is 11.5. The molecule has 1 atom stereocenters. The number of halogens is 1. The Kier molecular flexibility index (Phi) is 10.5. The molecule has 35 heavy (non-hydrogen) atoms. The zero-order chi connectivity index (χ0) is 25.8. The lowest BCUT2D eigenvalue weighted by Gasteiger charge is -2.26. The van der Waals surface area contributed by atoms with Gasteiger partial charge in [0.25, 0.3) is 0 Å². The summed E-state index contributed by atoms with van der Waals surface area (Å²) < 4.78 is 30.1. The van der Waals surface area contributed by atoms with E-state index in [0.717, 1.165) is 29.0 Å². The minimum atomic E-state index is -1.51. The van der Waals surface area contributed by atoms with E-state index in [9.17, 15) is 14.3 Å². The topological polar surface area (TPSA) is 77.4 Å². The third-order valence-electron chi connectivity index (χ3n) is 5.56. The number of benzene rings is 2. The van der Waals surface area contributed by atoms with Gasteiger partial charge in [-0.1, -0.05) is 25.1 Å². The third kappa shape index (κ3) is 8.59. The first kappa shape index (κ1) is 27.6. The Morgan fingerprint density at radius 1 is 1.11 bits per heavy atom. The van der Waals surface area contributed by atoms with E-state index in [-0.39, 0.29) is 12.2 Å². The van der Waals surface area contributed by atoms with Crippen molar-refractivity contribution < 1.29 is 28.5 Å². The van der Waals surface area contributed by atoms with Crippen LogP contribution in [-0.4, -0.2) is 36.6 Å².